The maximum absolute atomic E-state index is 12.9. The molecular weight excluding hydrogens is 961 g/mol. The van der Waals surface area contributed by atoms with E-state index in [1.165, 1.54) is 231 Å². The molecule has 78 heavy (non-hydrogen) atoms. The van der Waals surface area contributed by atoms with E-state index in [2.05, 4.69) is 81.5 Å². The zero-order chi connectivity index (χ0) is 56.4. The van der Waals surface area contributed by atoms with Gasteiger partial charge in [0.15, 0.2) is 6.10 Å². The number of unbranched alkanes of at least 4 members (excludes halogenated alkanes) is 42. The zero-order valence-electron chi connectivity index (χ0n) is 52.2. The summed E-state index contributed by atoms with van der Waals surface area (Å²) in [4.78, 5) is 38.4. The van der Waals surface area contributed by atoms with E-state index in [0.717, 1.165) is 89.9 Å². The number of hydrogen-bond acceptors (Lipinski definition) is 6. The lowest BCUT2D eigenvalue weighted by molar-refractivity contribution is -0.167. The smallest absolute Gasteiger partial charge is 0.306 e. The zero-order valence-corrected chi connectivity index (χ0v) is 52.2. The summed E-state index contributed by atoms with van der Waals surface area (Å²) in [5, 5.41) is 0. The summed E-state index contributed by atoms with van der Waals surface area (Å²) in [6.45, 7) is 6.63. The first-order valence-electron chi connectivity index (χ1n) is 34.3. The molecule has 1 unspecified atom stereocenters. The van der Waals surface area contributed by atoms with Crippen molar-refractivity contribution in [2.24, 2.45) is 0 Å². The minimum absolute atomic E-state index is 0.0775. The van der Waals surface area contributed by atoms with Gasteiger partial charge in [-0.25, -0.2) is 0 Å². The van der Waals surface area contributed by atoms with Crippen LogP contribution in [0, 0.1) is 0 Å². The molecule has 0 aromatic rings. The van der Waals surface area contributed by atoms with Crippen LogP contribution >= 0.6 is 0 Å². The molecule has 6 heteroatoms. The van der Waals surface area contributed by atoms with Crippen LogP contribution in [-0.4, -0.2) is 37.2 Å². The molecule has 0 saturated carbocycles. The third-order valence-electron chi connectivity index (χ3n) is 15.2. The lowest BCUT2D eigenvalue weighted by atomic mass is 10.0. The van der Waals surface area contributed by atoms with Crippen LogP contribution in [0.5, 0.6) is 0 Å². The maximum atomic E-state index is 12.9. The van der Waals surface area contributed by atoms with Gasteiger partial charge < -0.3 is 14.2 Å². The van der Waals surface area contributed by atoms with Crippen LogP contribution < -0.4 is 0 Å². The molecule has 0 spiro atoms. The number of esters is 3. The van der Waals surface area contributed by atoms with Crippen molar-refractivity contribution >= 4 is 17.9 Å². The molecule has 0 aliphatic rings. The number of carbonyl (C=O) groups is 3. The largest absolute Gasteiger partial charge is 0.462 e. The molecule has 454 valence electrons. The highest BCUT2D eigenvalue weighted by atomic mass is 16.6. The standard InChI is InChI=1S/C72H130O6/c1-4-7-10-13-16-19-22-25-28-30-32-34-35-36-37-39-40-42-44-47-50-53-56-59-62-65-71(74)77-68-69(67-76-70(73)64-61-58-55-52-49-46-27-24-21-18-15-12-9-6-3)78-72(75)66-63-60-57-54-51-48-45-43-41-38-33-31-29-26-23-20-17-14-11-8-5-2/h15,18,22,24-25,27,30,32,35-36,69H,4-14,16-17,19-21,23,26,28-29,31,33-34,37-68H2,1-3H3/b18-15-,25-22-,27-24-,32-30-,36-35-. The predicted octanol–water partition coefficient (Wildman–Crippen LogP) is 23.5. The number of carbonyl (C=O) groups excluding carboxylic acids is 3. The molecule has 0 aromatic heterocycles. The van der Waals surface area contributed by atoms with E-state index in [9.17, 15) is 14.4 Å². The quantitative estimate of drug-likeness (QED) is 0.0261. The van der Waals surface area contributed by atoms with Gasteiger partial charge in [-0.3, -0.25) is 14.4 Å². The van der Waals surface area contributed by atoms with Gasteiger partial charge in [-0.2, -0.15) is 0 Å². The Morgan fingerprint density at radius 1 is 0.256 bits per heavy atom. The summed E-state index contributed by atoms with van der Waals surface area (Å²) in [5.41, 5.74) is 0. The monoisotopic (exact) mass is 1090 g/mol. The molecule has 1 atom stereocenters. The molecule has 0 bridgehead atoms. The average Bonchev–Trinajstić information content (AvgIpc) is 3.44. The average molecular weight is 1090 g/mol. The van der Waals surface area contributed by atoms with Crippen molar-refractivity contribution in [3.8, 4) is 0 Å². The molecule has 0 N–H and O–H groups in total. The van der Waals surface area contributed by atoms with E-state index in [4.69, 9.17) is 14.2 Å². The number of rotatable bonds is 63. The second kappa shape index (κ2) is 66.6. The molecule has 6 nitrogen and oxygen atoms in total. The van der Waals surface area contributed by atoms with Crippen molar-refractivity contribution in [3.05, 3.63) is 60.8 Å². The first kappa shape index (κ1) is 75.1. The molecule has 0 radical (unpaired) electrons. The van der Waals surface area contributed by atoms with Crippen LogP contribution in [0.15, 0.2) is 60.8 Å². The number of allylic oxidation sites excluding steroid dienone is 10. The Kier molecular flexibility index (Phi) is 64.2. The van der Waals surface area contributed by atoms with E-state index < -0.39 is 6.10 Å². The predicted molar refractivity (Wildman–Crippen MR) is 339 cm³/mol. The van der Waals surface area contributed by atoms with Crippen molar-refractivity contribution in [3.63, 3.8) is 0 Å². The highest BCUT2D eigenvalue weighted by molar-refractivity contribution is 5.71. The van der Waals surface area contributed by atoms with Crippen LogP contribution in [-0.2, 0) is 28.6 Å². The molecular formula is C72H130O6. The van der Waals surface area contributed by atoms with Gasteiger partial charge in [0.05, 0.1) is 0 Å². The third-order valence-corrected chi connectivity index (χ3v) is 15.2. The van der Waals surface area contributed by atoms with Gasteiger partial charge in [-0.05, 0) is 83.5 Å². The van der Waals surface area contributed by atoms with Crippen LogP contribution in [0.4, 0.5) is 0 Å². The SMILES string of the molecule is CCCC/C=C\C/C=C\CCCCCCCC(=O)OCC(COC(=O)CCCCCCCCCCCC/C=C\C/C=C\C/C=C\CCCCCCC)OC(=O)CCCCCCCCCCCCCCCCCCCCCCC. The summed E-state index contributed by atoms with van der Waals surface area (Å²) < 4.78 is 17.0. The Balaban J connectivity index is 4.30. The van der Waals surface area contributed by atoms with Gasteiger partial charge in [0.25, 0.3) is 0 Å². The molecule has 0 aliphatic heterocycles. The van der Waals surface area contributed by atoms with Crippen LogP contribution in [0.25, 0.3) is 0 Å². The van der Waals surface area contributed by atoms with E-state index in [-0.39, 0.29) is 31.1 Å². The molecule has 0 fully saturated rings. The maximum Gasteiger partial charge on any atom is 0.306 e. The summed E-state index contributed by atoms with van der Waals surface area (Å²) >= 11 is 0. The molecule has 0 aliphatic carbocycles. The lowest BCUT2D eigenvalue weighted by Gasteiger charge is -2.18. The number of ether oxygens (including phenoxy) is 3. The van der Waals surface area contributed by atoms with Crippen molar-refractivity contribution in [1.82, 2.24) is 0 Å². The van der Waals surface area contributed by atoms with E-state index in [0.29, 0.717) is 19.3 Å². The van der Waals surface area contributed by atoms with Gasteiger partial charge in [-0.15, -0.1) is 0 Å². The minimum Gasteiger partial charge on any atom is -0.462 e. The molecule has 0 aromatic carbocycles. The molecule has 0 heterocycles. The second-order valence-corrected chi connectivity index (χ2v) is 23.1. The topological polar surface area (TPSA) is 78.9 Å². The lowest BCUT2D eigenvalue weighted by Crippen LogP contribution is -2.30. The van der Waals surface area contributed by atoms with Crippen molar-refractivity contribution in [2.45, 2.75) is 367 Å². The normalized spacial score (nSPS) is 12.4. The molecule has 0 rings (SSSR count). The second-order valence-electron chi connectivity index (χ2n) is 23.1. The Morgan fingerprint density at radius 3 is 0.756 bits per heavy atom. The van der Waals surface area contributed by atoms with Gasteiger partial charge in [0.1, 0.15) is 13.2 Å². The molecule has 0 saturated heterocycles. The van der Waals surface area contributed by atoms with Crippen molar-refractivity contribution in [1.29, 1.82) is 0 Å². The fourth-order valence-corrected chi connectivity index (χ4v) is 10.1. The summed E-state index contributed by atoms with van der Waals surface area (Å²) in [6.07, 6.45) is 85.2. The van der Waals surface area contributed by atoms with Gasteiger partial charge in [0.2, 0.25) is 0 Å². The minimum atomic E-state index is -0.781. The highest BCUT2D eigenvalue weighted by Gasteiger charge is 2.19. The Morgan fingerprint density at radius 2 is 0.474 bits per heavy atom. The van der Waals surface area contributed by atoms with Crippen LogP contribution in [0.2, 0.25) is 0 Å². The van der Waals surface area contributed by atoms with Crippen LogP contribution in [0.3, 0.4) is 0 Å². The Hall–Kier alpha value is -2.89. The fraction of sp³-hybridized carbons (Fsp3) is 0.819. The summed E-state index contributed by atoms with van der Waals surface area (Å²) in [7, 11) is 0. The molecule has 0 amide bonds. The van der Waals surface area contributed by atoms with E-state index in [1.54, 1.807) is 0 Å². The van der Waals surface area contributed by atoms with Gasteiger partial charge >= 0.3 is 17.9 Å². The van der Waals surface area contributed by atoms with Gasteiger partial charge in [-0.1, -0.05) is 319 Å². The van der Waals surface area contributed by atoms with E-state index in [1.807, 2.05) is 0 Å². The Labute approximate surface area is 485 Å². The fourth-order valence-electron chi connectivity index (χ4n) is 10.1. The van der Waals surface area contributed by atoms with Gasteiger partial charge in [0, 0.05) is 19.3 Å². The number of hydrogen-bond donors (Lipinski definition) is 0. The Bertz CT molecular complexity index is 1390. The van der Waals surface area contributed by atoms with Crippen molar-refractivity contribution in [2.75, 3.05) is 13.2 Å². The summed E-state index contributed by atoms with van der Waals surface area (Å²) in [6, 6.07) is 0. The highest BCUT2D eigenvalue weighted by Crippen LogP contribution is 2.18. The first-order chi connectivity index (χ1) is 38.5. The summed E-state index contributed by atoms with van der Waals surface area (Å²) in [5.74, 6) is -0.873. The first-order valence-corrected chi connectivity index (χ1v) is 34.3. The van der Waals surface area contributed by atoms with Crippen LogP contribution in [0.1, 0.15) is 361 Å². The third kappa shape index (κ3) is 63.9. The van der Waals surface area contributed by atoms with Crippen molar-refractivity contribution < 1.29 is 28.6 Å². The van der Waals surface area contributed by atoms with E-state index >= 15 is 0 Å².